The molecule has 1 aliphatic rings. The molecule has 1 atom stereocenters. The van der Waals surface area contributed by atoms with Crippen molar-refractivity contribution < 1.29 is 16.8 Å². The van der Waals surface area contributed by atoms with E-state index >= 15 is 0 Å². The van der Waals surface area contributed by atoms with Crippen molar-refractivity contribution in [1.82, 2.24) is 3.71 Å². The van der Waals surface area contributed by atoms with Crippen LogP contribution >= 0.6 is 0 Å². The molecule has 144 valence electrons. The van der Waals surface area contributed by atoms with E-state index in [0.29, 0.717) is 10.1 Å². The molecule has 0 amide bonds. The normalized spacial score (nSPS) is 18.0. The van der Waals surface area contributed by atoms with E-state index in [-0.39, 0.29) is 9.79 Å². The SMILES string of the molecule is Cc1ccc(S(=O)(=O)N(C2C=CCCC2)S(=O)(=O)c2ccc(C)cc2)cc1. The van der Waals surface area contributed by atoms with Crippen molar-refractivity contribution in [1.29, 1.82) is 0 Å². The fourth-order valence-electron chi connectivity index (χ4n) is 3.08. The molecule has 1 unspecified atom stereocenters. The Bertz CT molecular complexity index is 963. The van der Waals surface area contributed by atoms with Gasteiger partial charge in [0.05, 0.1) is 15.8 Å². The number of sulfonamides is 2. The molecule has 0 aliphatic heterocycles. The summed E-state index contributed by atoms with van der Waals surface area (Å²) in [5, 5.41) is 0. The molecule has 3 rings (SSSR count). The van der Waals surface area contributed by atoms with Gasteiger partial charge < -0.3 is 0 Å². The van der Waals surface area contributed by atoms with E-state index in [1.807, 2.05) is 19.9 Å². The molecule has 0 aromatic heterocycles. The fourth-order valence-corrected chi connectivity index (χ4v) is 7.07. The van der Waals surface area contributed by atoms with Gasteiger partial charge in [0.25, 0.3) is 20.0 Å². The second-order valence-corrected chi connectivity index (χ2v) is 10.6. The average molecular weight is 406 g/mol. The number of hydrogen-bond donors (Lipinski definition) is 0. The first-order chi connectivity index (χ1) is 12.7. The first-order valence-electron chi connectivity index (χ1n) is 8.82. The summed E-state index contributed by atoms with van der Waals surface area (Å²) in [5.74, 6) is 0. The Morgan fingerprint density at radius 2 is 1.22 bits per heavy atom. The van der Waals surface area contributed by atoms with Crippen molar-refractivity contribution in [3.8, 4) is 0 Å². The predicted molar refractivity (Wildman–Crippen MR) is 105 cm³/mol. The van der Waals surface area contributed by atoms with Gasteiger partial charge in [-0.05, 0) is 57.4 Å². The predicted octanol–water partition coefficient (Wildman–Crippen LogP) is 3.79. The highest BCUT2D eigenvalue weighted by atomic mass is 32.3. The zero-order chi connectivity index (χ0) is 19.7. The third-order valence-corrected chi connectivity index (χ3v) is 9.01. The van der Waals surface area contributed by atoms with Gasteiger partial charge in [-0.15, -0.1) is 0 Å². The molecule has 0 fully saturated rings. The molecular weight excluding hydrogens is 382 g/mol. The van der Waals surface area contributed by atoms with Crippen LogP contribution in [0.25, 0.3) is 0 Å². The average Bonchev–Trinajstić information content (AvgIpc) is 2.63. The van der Waals surface area contributed by atoms with Crippen LogP contribution in [0.5, 0.6) is 0 Å². The van der Waals surface area contributed by atoms with E-state index in [0.717, 1.165) is 24.0 Å². The number of benzene rings is 2. The standard InChI is InChI=1S/C20H23NO4S2/c1-16-8-12-19(13-9-16)26(22,23)21(18-6-4-3-5-7-18)27(24,25)20-14-10-17(2)11-15-20/h4,6,8-15,18H,3,5,7H2,1-2H3. The largest absolute Gasteiger partial charge is 0.256 e. The summed E-state index contributed by atoms with van der Waals surface area (Å²) in [6.45, 7) is 3.70. The zero-order valence-electron chi connectivity index (χ0n) is 15.4. The third kappa shape index (κ3) is 4.00. The van der Waals surface area contributed by atoms with Crippen molar-refractivity contribution in [2.75, 3.05) is 0 Å². The van der Waals surface area contributed by atoms with E-state index in [1.54, 1.807) is 30.3 Å². The van der Waals surface area contributed by atoms with Crippen LogP contribution in [-0.4, -0.2) is 26.6 Å². The lowest BCUT2D eigenvalue weighted by atomic mass is 10.0. The van der Waals surface area contributed by atoms with E-state index in [1.165, 1.54) is 24.3 Å². The summed E-state index contributed by atoms with van der Waals surface area (Å²) in [6, 6.07) is 11.8. The Balaban J connectivity index is 2.16. The van der Waals surface area contributed by atoms with E-state index in [4.69, 9.17) is 0 Å². The molecule has 7 heteroatoms. The fraction of sp³-hybridized carbons (Fsp3) is 0.300. The Labute approximate surface area is 161 Å². The van der Waals surface area contributed by atoms with Crippen molar-refractivity contribution in [2.45, 2.75) is 48.9 Å². The van der Waals surface area contributed by atoms with Gasteiger partial charge in [0.15, 0.2) is 0 Å². The maximum atomic E-state index is 13.3. The van der Waals surface area contributed by atoms with E-state index < -0.39 is 26.1 Å². The maximum absolute atomic E-state index is 13.3. The number of hydrogen-bond acceptors (Lipinski definition) is 4. The molecule has 0 saturated heterocycles. The summed E-state index contributed by atoms with van der Waals surface area (Å²) in [7, 11) is -8.48. The Kier molecular flexibility index (Phi) is 5.55. The van der Waals surface area contributed by atoms with Gasteiger partial charge in [-0.1, -0.05) is 51.3 Å². The van der Waals surface area contributed by atoms with Gasteiger partial charge in [0.1, 0.15) is 0 Å². The monoisotopic (exact) mass is 405 g/mol. The van der Waals surface area contributed by atoms with Crippen molar-refractivity contribution >= 4 is 20.0 Å². The highest BCUT2D eigenvalue weighted by Gasteiger charge is 2.41. The molecule has 0 N–H and O–H groups in total. The van der Waals surface area contributed by atoms with Crippen molar-refractivity contribution in [3.05, 3.63) is 71.8 Å². The van der Waals surface area contributed by atoms with Crippen LogP contribution in [0.1, 0.15) is 30.4 Å². The van der Waals surface area contributed by atoms with Crippen LogP contribution in [-0.2, 0) is 20.0 Å². The van der Waals surface area contributed by atoms with Gasteiger partial charge in [0, 0.05) is 0 Å². The lowest BCUT2D eigenvalue weighted by Gasteiger charge is -2.30. The molecule has 2 aromatic rings. The summed E-state index contributed by atoms with van der Waals surface area (Å²) < 4.78 is 54.1. The summed E-state index contributed by atoms with van der Waals surface area (Å²) in [5.41, 5.74) is 1.80. The molecule has 0 spiro atoms. The second kappa shape index (κ2) is 7.58. The van der Waals surface area contributed by atoms with Crippen LogP contribution in [0.4, 0.5) is 0 Å². The van der Waals surface area contributed by atoms with Gasteiger partial charge in [0.2, 0.25) is 0 Å². The molecule has 1 aliphatic carbocycles. The van der Waals surface area contributed by atoms with E-state index in [2.05, 4.69) is 0 Å². The second-order valence-electron chi connectivity index (χ2n) is 6.79. The quantitative estimate of drug-likeness (QED) is 0.710. The van der Waals surface area contributed by atoms with Gasteiger partial charge in [-0.3, -0.25) is 0 Å². The third-order valence-electron chi connectivity index (χ3n) is 4.61. The summed E-state index contributed by atoms with van der Waals surface area (Å²) in [6.07, 6.45) is 5.55. The molecule has 0 bridgehead atoms. The number of aryl methyl sites for hydroxylation is 2. The lowest BCUT2D eigenvalue weighted by Crippen LogP contribution is -2.44. The molecule has 0 heterocycles. The van der Waals surface area contributed by atoms with Crippen LogP contribution in [0, 0.1) is 13.8 Å². The van der Waals surface area contributed by atoms with Crippen LogP contribution in [0.3, 0.4) is 0 Å². The van der Waals surface area contributed by atoms with Crippen LogP contribution in [0.2, 0.25) is 0 Å². The Morgan fingerprint density at radius 3 is 1.59 bits per heavy atom. The lowest BCUT2D eigenvalue weighted by molar-refractivity contribution is 0.432. The minimum Gasteiger partial charge on any atom is -0.206 e. The topological polar surface area (TPSA) is 71.5 Å². The molecule has 0 saturated carbocycles. The highest BCUT2D eigenvalue weighted by Crippen LogP contribution is 2.31. The minimum absolute atomic E-state index is 0.0252. The number of nitrogens with zero attached hydrogens (tertiary/aromatic N) is 1. The summed E-state index contributed by atoms with van der Waals surface area (Å²) in [4.78, 5) is -0.0504. The Morgan fingerprint density at radius 1 is 0.778 bits per heavy atom. The van der Waals surface area contributed by atoms with Crippen molar-refractivity contribution in [2.24, 2.45) is 0 Å². The van der Waals surface area contributed by atoms with Crippen LogP contribution in [0.15, 0.2) is 70.5 Å². The summed E-state index contributed by atoms with van der Waals surface area (Å²) >= 11 is 0. The highest BCUT2D eigenvalue weighted by molar-refractivity contribution is 8.04. The maximum Gasteiger partial charge on any atom is 0.256 e. The molecular formula is C20H23NO4S2. The first kappa shape index (κ1) is 19.8. The van der Waals surface area contributed by atoms with Crippen molar-refractivity contribution in [3.63, 3.8) is 0 Å². The molecule has 2 aromatic carbocycles. The number of allylic oxidation sites excluding steroid dienone is 1. The number of rotatable bonds is 5. The van der Waals surface area contributed by atoms with E-state index in [9.17, 15) is 16.8 Å². The molecule has 0 radical (unpaired) electrons. The Hall–Kier alpha value is -1.96. The van der Waals surface area contributed by atoms with Gasteiger partial charge >= 0.3 is 0 Å². The zero-order valence-corrected chi connectivity index (χ0v) is 17.0. The first-order valence-corrected chi connectivity index (χ1v) is 11.7. The van der Waals surface area contributed by atoms with Crippen LogP contribution < -0.4 is 0 Å². The smallest absolute Gasteiger partial charge is 0.206 e. The van der Waals surface area contributed by atoms with Gasteiger partial charge in [-0.25, -0.2) is 16.8 Å². The minimum atomic E-state index is -4.24. The molecule has 27 heavy (non-hydrogen) atoms. The molecule has 5 nitrogen and oxygen atoms in total. The van der Waals surface area contributed by atoms with Gasteiger partial charge in [-0.2, -0.15) is 0 Å².